The van der Waals surface area contributed by atoms with Gasteiger partial charge in [0.1, 0.15) is 0 Å². The number of aliphatic hydroxyl groups is 1. The zero-order valence-electron chi connectivity index (χ0n) is 24.4. The number of anilines is 1. The number of hydrogen-bond acceptors (Lipinski definition) is 6. The lowest BCUT2D eigenvalue weighted by Gasteiger charge is -2.52. The third-order valence-electron chi connectivity index (χ3n) is 8.35. The van der Waals surface area contributed by atoms with Crippen LogP contribution in [0.5, 0.6) is 17.2 Å². The number of rotatable bonds is 11. The first kappa shape index (κ1) is 29.1. The van der Waals surface area contributed by atoms with Crippen molar-refractivity contribution in [1.82, 2.24) is 4.90 Å². The van der Waals surface area contributed by atoms with Crippen LogP contribution in [0.1, 0.15) is 88.7 Å². The monoisotopic (exact) mass is 538 g/mol. The van der Waals surface area contributed by atoms with Crippen molar-refractivity contribution in [2.24, 2.45) is 5.92 Å². The quantitative estimate of drug-likeness (QED) is 0.365. The molecule has 0 aromatic heterocycles. The Hall–Kier alpha value is -2.93. The highest BCUT2D eigenvalue weighted by molar-refractivity contribution is 5.96. The summed E-state index contributed by atoms with van der Waals surface area (Å²) in [6.45, 7) is 13.8. The van der Waals surface area contributed by atoms with E-state index in [1.807, 2.05) is 25.7 Å². The summed E-state index contributed by atoms with van der Waals surface area (Å²) in [6.07, 6.45) is 4.38. The van der Waals surface area contributed by atoms with E-state index in [0.29, 0.717) is 55.6 Å². The summed E-state index contributed by atoms with van der Waals surface area (Å²) in [5.41, 5.74) is 2.01. The summed E-state index contributed by atoms with van der Waals surface area (Å²) in [4.78, 5) is 18.6. The van der Waals surface area contributed by atoms with Gasteiger partial charge in [0.2, 0.25) is 5.75 Å². The molecule has 1 saturated heterocycles. The Morgan fingerprint density at radius 1 is 0.923 bits per heavy atom. The van der Waals surface area contributed by atoms with Crippen molar-refractivity contribution in [2.75, 3.05) is 44.4 Å². The van der Waals surface area contributed by atoms with E-state index in [4.69, 9.17) is 14.2 Å². The number of ether oxygens (including phenoxy) is 3. The number of carbonyl (C=O) groups excluding carboxylic acids is 1. The summed E-state index contributed by atoms with van der Waals surface area (Å²) < 4.78 is 17.7. The molecule has 3 atom stereocenters. The number of hydrogen-bond donors (Lipinski definition) is 1. The van der Waals surface area contributed by atoms with Gasteiger partial charge in [0, 0.05) is 36.8 Å². The van der Waals surface area contributed by atoms with Crippen LogP contribution in [-0.2, 0) is 0 Å². The summed E-state index contributed by atoms with van der Waals surface area (Å²) >= 11 is 0. The van der Waals surface area contributed by atoms with Crippen molar-refractivity contribution in [3.8, 4) is 17.2 Å². The zero-order chi connectivity index (χ0) is 28.0. The molecular weight excluding hydrogens is 492 g/mol. The predicted octanol–water partition coefficient (Wildman–Crippen LogP) is 6.24. The van der Waals surface area contributed by atoms with Crippen LogP contribution in [0.3, 0.4) is 0 Å². The van der Waals surface area contributed by atoms with E-state index in [1.54, 1.807) is 12.1 Å². The molecule has 1 aliphatic heterocycles. The van der Waals surface area contributed by atoms with Crippen LogP contribution < -0.4 is 19.1 Å². The smallest absolute Gasteiger partial charge is 0.254 e. The van der Waals surface area contributed by atoms with E-state index in [0.717, 1.165) is 44.3 Å². The van der Waals surface area contributed by atoms with Gasteiger partial charge < -0.3 is 29.1 Å². The van der Waals surface area contributed by atoms with Crippen molar-refractivity contribution < 1.29 is 24.1 Å². The number of likely N-dealkylation sites (tertiary alicyclic amines) is 1. The second-order valence-corrected chi connectivity index (χ2v) is 10.5. The maximum Gasteiger partial charge on any atom is 0.254 e. The van der Waals surface area contributed by atoms with Crippen LogP contribution in [0.4, 0.5) is 5.69 Å². The van der Waals surface area contributed by atoms with Crippen LogP contribution in [0.15, 0.2) is 36.4 Å². The van der Waals surface area contributed by atoms with Crippen LogP contribution in [0.2, 0.25) is 0 Å². The number of fused-ring (bicyclic) bond motifs is 1. The molecule has 0 spiro atoms. The van der Waals surface area contributed by atoms with Gasteiger partial charge in [-0.15, -0.1) is 0 Å². The minimum Gasteiger partial charge on any atom is -0.490 e. The standard InChI is InChI=1S/C32H46N2O5/c1-6-33(7-2)25-16-14-23(15-17-25)29-26-13-11-12-18-32(26,36)19-20-34(29)31(35)24-21-27(37-8-3)30(39-10-5)28(22-24)38-9-4/h14-17,21-22,26,29,36H,6-13,18-20H2,1-5H3/t26-,29-,32+/m0/s1. The Kier molecular flexibility index (Phi) is 9.65. The van der Waals surface area contributed by atoms with Crippen molar-refractivity contribution in [1.29, 1.82) is 0 Å². The molecule has 4 rings (SSSR count). The normalized spacial score (nSPS) is 22.7. The lowest BCUT2D eigenvalue weighted by Crippen LogP contribution is -2.56. The molecular formula is C32H46N2O5. The highest BCUT2D eigenvalue weighted by atomic mass is 16.5. The van der Waals surface area contributed by atoms with E-state index < -0.39 is 5.60 Å². The van der Waals surface area contributed by atoms with Gasteiger partial charge in [-0.1, -0.05) is 25.0 Å². The first-order valence-electron chi connectivity index (χ1n) is 14.8. The lowest BCUT2D eigenvalue weighted by molar-refractivity contribution is -0.115. The SMILES string of the molecule is CCOc1cc(C(=O)N2CC[C@]3(O)CCCC[C@H]3[C@@H]2c2ccc(N(CC)CC)cc2)cc(OCC)c1OCC. The average Bonchev–Trinajstić information content (AvgIpc) is 2.94. The van der Waals surface area contributed by atoms with Gasteiger partial charge in [-0.05, 0) is 83.7 Å². The molecule has 7 heteroatoms. The van der Waals surface area contributed by atoms with Gasteiger partial charge in [0.15, 0.2) is 11.5 Å². The van der Waals surface area contributed by atoms with E-state index in [1.165, 1.54) is 5.69 Å². The van der Waals surface area contributed by atoms with Crippen molar-refractivity contribution >= 4 is 11.6 Å². The van der Waals surface area contributed by atoms with Gasteiger partial charge in [0.05, 0.1) is 31.5 Å². The van der Waals surface area contributed by atoms with Gasteiger partial charge in [0.25, 0.3) is 5.91 Å². The van der Waals surface area contributed by atoms with Crippen molar-refractivity contribution in [2.45, 2.75) is 78.4 Å². The van der Waals surface area contributed by atoms with E-state index in [-0.39, 0.29) is 17.9 Å². The van der Waals surface area contributed by atoms with Crippen LogP contribution >= 0.6 is 0 Å². The van der Waals surface area contributed by atoms with Crippen molar-refractivity contribution in [3.05, 3.63) is 47.5 Å². The van der Waals surface area contributed by atoms with Crippen LogP contribution in [0.25, 0.3) is 0 Å². The molecule has 1 heterocycles. The Balaban J connectivity index is 1.76. The van der Waals surface area contributed by atoms with E-state index in [2.05, 4.69) is 43.0 Å². The Labute approximate surface area is 234 Å². The Morgan fingerprint density at radius 2 is 1.54 bits per heavy atom. The molecule has 1 amide bonds. The molecule has 1 N–H and O–H groups in total. The van der Waals surface area contributed by atoms with Gasteiger partial charge >= 0.3 is 0 Å². The minimum atomic E-state index is -0.747. The molecule has 0 bridgehead atoms. The molecule has 0 unspecified atom stereocenters. The van der Waals surface area contributed by atoms with Gasteiger partial charge in [-0.25, -0.2) is 0 Å². The maximum atomic E-state index is 14.3. The summed E-state index contributed by atoms with van der Waals surface area (Å²) in [5.74, 6) is 1.47. The molecule has 2 fully saturated rings. The predicted molar refractivity (Wildman–Crippen MR) is 155 cm³/mol. The zero-order valence-corrected chi connectivity index (χ0v) is 24.4. The van der Waals surface area contributed by atoms with E-state index in [9.17, 15) is 9.90 Å². The van der Waals surface area contributed by atoms with Crippen LogP contribution in [0, 0.1) is 5.92 Å². The lowest BCUT2D eigenvalue weighted by atomic mass is 9.66. The van der Waals surface area contributed by atoms with Crippen LogP contribution in [-0.4, -0.2) is 61.0 Å². The number of carbonyl (C=O) groups is 1. The first-order valence-corrected chi connectivity index (χ1v) is 14.8. The summed E-state index contributed by atoms with van der Waals surface area (Å²) in [7, 11) is 0. The third kappa shape index (κ3) is 5.98. The number of amides is 1. The average molecular weight is 539 g/mol. The summed E-state index contributed by atoms with van der Waals surface area (Å²) in [6, 6.07) is 11.9. The maximum absolute atomic E-state index is 14.3. The fourth-order valence-corrected chi connectivity index (χ4v) is 6.47. The third-order valence-corrected chi connectivity index (χ3v) is 8.35. The van der Waals surface area contributed by atoms with E-state index >= 15 is 0 Å². The first-order chi connectivity index (χ1) is 18.9. The highest BCUT2D eigenvalue weighted by Crippen LogP contribution is 2.50. The molecule has 2 aliphatic rings. The fraction of sp³-hybridized carbons (Fsp3) is 0.594. The highest BCUT2D eigenvalue weighted by Gasteiger charge is 2.50. The number of piperidine rings is 1. The Morgan fingerprint density at radius 3 is 2.10 bits per heavy atom. The molecule has 1 aliphatic carbocycles. The Bertz CT molecular complexity index is 1070. The van der Waals surface area contributed by atoms with Gasteiger partial charge in [-0.3, -0.25) is 4.79 Å². The van der Waals surface area contributed by atoms with Crippen molar-refractivity contribution in [3.63, 3.8) is 0 Å². The molecule has 1 saturated carbocycles. The second-order valence-electron chi connectivity index (χ2n) is 10.5. The molecule has 39 heavy (non-hydrogen) atoms. The molecule has 214 valence electrons. The minimum absolute atomic E-state index is 0.0105. The fourth-order valence-electron chi connectivity index (χ4n) is 6.47. The molecule has 7 nitrogen and oxygen atoms in total. The molecule has 2 aromatic rings. The molecule has 0 radical (unpaired) electrons. The summed E-state index contributed by atoms with van der Waals surface area (Å²) in [5, 5.41) is 11.7. The van der Waals surface area contributed by atoms with Gasteiger partial charge in [-0.2, -0.15) is 0 Å². The number of benzene rings is 2. The largest absolute Gasteiger partial charge is 0.490 e. The number of nitrogens with zero attached hydrogens (tertiary/aromatic N) is 2. The molecule has 2 aromatic carbocycles. The second kappa shape index (κ2) is 12.9. The topological polar surface area (TPSA) is 71.5 Å².